The summed E-state index contributed by atoms with van der Waals surface area (Å²) in [5, 5.41) is 11.2. The number of unbranched alkanes of at least 4 members (excludes halogenated alkanes) is 1. The summed E-state index contributed by atoms with van der Waals surface area (Å²) in [4.78, 5) is 0.305. The normalized spacial score (nSPS) is 12.6. The molecular formula is C13H21N3O3S. The zero-order valence-corrected chi connectivity index (χ0v) is 12.6. The van der Waals surface area contributed by atoms with Gasteiger partial charge in [-0.1, -0.05) is 22.9 Å². The van der Waals surface area contributed by atoms with Gasteiger partial charge in [0.1, 0.15) is 5.84 Å². The molecule has 0 amide bonds. The number of amidine groups is 1. The fraction of sp³-hybridized carbons (Fsp3) is 0.462. The highest BCUT2D eigenvalue weighted by Crippen LogP contribution is 2.16. The van der Waals surface area contributed by atoms with E-state index in [1.54, 1.807) is 19.1 Å². The highest BCUT2D eigenvalue weighted by atomic mass is 32.2. The van der Waals surface area contributed by atoms with Crippen LogP contribution in [0.5, 0.6) is 0 Å². The number of sulfonamides is 1. The first-order chi connectivity index (χ1) is 9.36. The molecule has 112 valence electrons. The first-order valence-corrected chi connectivity index (χ1v) is 7.88. The van der Waals surface area contributed by atoms with Gasteiger partial charge in [-0.05, 0) is 38.3 Å². The quantitative estimate of drug-likeness (QED) is 0.233. The molecule has 0 saturated carbocycles. The highest BCUT2D eigenvalue weighted by molar-refractivity contribution is 7.89. The molecule has 1 rings (SSSR count). The average molecular weight is 299 g/mol. The molecule has 4 N–H and O–H groups in total. The number of hydrogen-bond donors (Lipinski definition) is 3. The lowest BCUT2D eigenvalue weighted by molar-refractivity contribution is 0.316. The van der Waals surface area contributed by atoms with Crippen molar-refractivity contribution in [1.29, 1.82) is 0 Å². The lowest BCUT2D eigenvalue weighted by atomic mass is 10.2. The number of nitrogens with zero attached hydrogens (tertiary/aromatic N) is 1. The molecule has 0 unspecified atom stereocenters. The van der Waals surface area contributed by atoms with Gasteiger partial charge in [-0.25, -0.2) is 13.1 Å². The molecule has 0 saturated heterocycles. The van der Waals surface area contributed by atoms with E-state index in [1.165, 1.54) is 0 Å². The number of aryl methyl sites for hydroxylation is 2. The minimum Gasteiger partial charge on any atom is -0.409 e. The number of hydrogen-bond acceptors (Lipinski definition) is 4. The van der Waals surface area contributed by atoms with Crippen LogP contribution in [0.25, 0.3) is 0 Å². The number of oxime groups is 1. The molecule has 0 bridgehead atoms. The van der Waals surface area contributed by atoms with Crippen LogP contribution < -0.4 is 10.5 Å². The molecule has 1 aromatic carbocycles. The number of benzene rings is 1. The zero-order valence-electron chi connectivity index (χ0n) is 11.8. The zero-order chi connectivity index (χ0) is 15.2. The van der Waals surface area contributed by atoms with Gasteiger partial charge in [0.2, 0.25) is 10.0 Å². The monoisotopic (exact) mass is 299 g/mol. The molecular weight excluding hydrogens is 278 g/mol. The van der Waals surface area contributed by atoms with Gasteiger partial charge in [-0.2, -0.15) is 0 Å². The Morgan fingerprint density at radius 3 is 2.65 bits per heavy atom. The second-order valence-electron chi connectivity index (χ2n) is 4.72. The van der Waals surface area contributed by atoms with Crippen molar-refractivity contribution < 1.29 is 13.6 Å². The van der Waals surface area contributed by atoms with Crippen molar-refractivity contribution in [2.45, 2.75) is 38.0 Å². The van der Waals surface area contributed by atoms with Crippen LogP contribution in [0.1, 0.15) is 30.4 Å². The molecule has 0 atom stereocenters. The van der Waals surface area contributed by atoms with Crippen molar-refractivity contribution in [3.63, 3.8) is 0 Å². The maximum absolute atomic E-state index is 12.1. The smallest absolute Gasteiger partial charge is 0.240 e. The second-order valence-corrected chi connectivity index (χ2v) is 6.45. The summed E-state index contributed by atoms with van der Waals surface area (Å²) >= 11 is 0. The summed E-state index contributed by atoms with van der Waals surface area (Å²) in [5.41, 5.74) is 7.09. The maximum Gasteiger partial charge on any atom is 0.240 e. The van der Waals surface area contributed by atoms with E-state index < -0.39 is 10.0 Å². The van der Waals surface area contributed by atoms with Gasteiger partial charge in [0, 0.05) is 13.0 Å². The summed E-state index contributed by atoms with van der Waals surface area (Å²) in [6.07, 6.45) is 1.73. The van der Waals surface area contributed by atoms with Crippen molar-refractivity contribution in [2.75, 3.05) is 6.54 Å². The minimum absolute atomic E-state index is 0.155. The van der Waals surface area contributed by atoms with Gasteiger partial charge >= 0.3 is 0 Å². The Labute approximate surface area is 119 Å². The summed E-state index contributed by atoms with van der Waals surface area (Å²) in [6.45, 7) is 4.03. The molecule has 0 aliphatic rings. The second kappa shape index (κ2) is 7.25. The standard InChI is InChI=1S/C13H21N3O3S/c1-10-6-7-12(11(2)9-10)20(18,19)15-8-4-3-5-13(14)16-17/h6-7,9,15,17H,3-5,8H2,1-2H3,(H2,14,16). The van der Waals surface area contributed by atoms with Crippen LogP contribution in [-0.4, -0.2) is 26.0 Å². The van der Waals surface area contributed by atoms with Crippen LogP contribution in [0.4, 0.5) is 0 Å². The van der Waals surface area contributed by atoms with E-state index in [0.29, 0.717) is 30.7 Å². The van der Waals surface area contributed by atoms with Crippen LogP contribution in [0, 0.1) is 13.8 Å². The van der Waals surface area contributed by atoms with E-state index >= 15 is 0 Å². The molecule has 0 aliphatic heterocycles. The lowest BCUT2D eigenvalue weighted by Crippen LogP contribution is -2.25. The third-order valence-corrected chi connectivity index (χ3v) is 4.52. The van der Waals surface area contributed by atoms with Crippen molar-refractivity contribution >= 4 is 15.9 Å². The average Bonchev–Trinajstić information content (AvgIpc) is 2.37. The van der Waals surface area contributed by atoms with E-state index in [1.807, 2.05) is 13.0 Å². The van der Waals surface area contributed by atoms with Crippen molar-refractivity contribution in [3.8, 4) is 0 Å². The minimum atomic E-state index is -3.47. The fourth-order valence-electron chi connectivity index (χ4n) is 1.87. The number of nitrogens with one attached hydrogen (secondary N) is 1. The Bertz CT molecular complexity index is 583. The molecule has 0 heterocycles. The highest BCUT2D eigenvalue weighted by Gasteiger charge is 2.15. The summed E-state index contributed by atoms with van der Waals surface area (Å²) < 4.78 is 26.8. The van der Waals surface area contributed by atoms with E-state index in [9.17, 15) is 8.42 Å². The Balaban J connectivity index is 2.54. The molecule has 0 aromatic heterocycles. The van der Waals surface area contributed by atoms with E-state index in [2.05, 4.69) is 9.88 Å². The summed E-state index contributed by atoms with van der Waals surface area (Å²) in [7, 11) is -3.47. The Hall–Kier alpha value is -1.60. The Morgan fingerprint density at radius 1 is 1.35 bits per heavy atom. The van der Waals surface area contributed by atoms with Gasteiger partial charge in [0.25, 0.3) is 0 Å². The SMILES string of the molecule is Cc1ccc(S(=O)(=O)NCCCCC(N)=NO)c(C)c1. The number of rotatable bonds is 7. The first kappa shape index (κ1) is 16.5. The van der Waals surface area contributed by atoms with Crippen LogP contribution in [0.3, 0.4) is 0 Å². The lowest BCUT2D eigenvalue weighted by Gasteiger charge is -2.09. The summed E-state index contributed by atoms with van der Waals surface area (Å²) in [6, 6.07) is 5.23. The Morgan fingerprint density at radius 2 is 2.05 bits per heavy atom. The molecule has 0 aliphatic carbocycles. The predicted octanol–water partition coefficient (Wildman–Crippen LogP) is 1.50. The first-order valence-electron chi connectivity index (χ1n) is 6.40. The van der Waals surface area contributed by atoms with E-state index in [-0.39, 0.29) is 5.84 Å². The van der Waals surface area contributed by atoms with Gasteiger partial charge in [-0.15, -0.1) is 0 Å². The van der Waals surface area contributed by atoms with Crippen LogP contribution >= 0.6 is 0 Å². The van der Waals surface area contributed by atoms with E-state index in [4.69, 9.17) is 10.9 Å². The third-order valence-electron chi connectivity index (χ3n) is 2.90. The van der Waals surface area contributed by atoms with Crippen molar-refractivity contribution in [2.24, 2.45) is 10.9 Å². The predicted molar refractivity (Wildman–Crippen MR) is 78.4 cm³/mol. The van der Waals surface area contributed by atoms with Crippen molar-refractivity contribution in [1.82, 2.24) is 4.72 Å². The fourth-order valence-corrected chi connectivity index (χ4v) is 3.16. The van der Waals surface area contributed by atoms with Gasteiger partial charge in [0.15, 0.2) is 0 Å². The molecule has 0 fully saturated rings. The van der Waals surface area contributed by atoms with Gasteiger partial charge in [0.05, 0.1) is 4.90 Å². The molecule has 0 spiro atoms. The summed E-state index contributed by atoms with van der Waals surface area (Å²) in [5.74, 6) is 0.155. The largest absolute Gasteiger partial charge is 0.409 e. The molecule has 20 heavy (non-hydrogen) atoms. The third kappa shape index (κ3) is 4.82. The van der Waals surface area contributed by atoms with Crippen LogP contribution in [0.15, 0.2) is 28.3 Å². The molecule has 0 radical (unpaired) electrons. The maximum atomic E-state index is 12.1. The number of nitrogens with two attached hydrogens (primary N) is 1. The Kier molecular flexibility index (Phi) is 5.97. The van der Waals surface area contributed by atoms with Crippen LogP contribution in [0.2, 0.25) is 0 Å². The van der Waals surface area contributed by atoms with E-state index in [0.717, 1.165) is 11.1 Å². The molecule has 1 aromatic rings. The molecule has 7 heteroatoms. The molecule has 6 nitrogen and oxygen atoms in total. The van der Waals surface area contributed by atoms with Gasteiger partial charge in [-0.3, -0.25) is 0 Å². The topological polar surface area (TPSA) is 105 Å². The van der Waals surface area contributed by atoms with Crippen molar-refractivity contribution in [3.05, 3.63) is 29.3 Å². The van der Waals surface area contributed by atoms with Crippen LogP contribution in [-0.2, 0) is 10.0 Å². The van der Waals surface area contributed by atoms with Gasteiger partial charge < -0.3 is 10.9 Å².